The Morgan fingerprint density at radius 1 is 1.03 bits per heavy atom. The molecule has 3 fully saturated rings. The second-order valence-electron chi connectivity index (χ2n) is 10.3. The Bertz CT molecular complexity index is 1170. The van der Waals surface area contributed by atoms with Gasteiger partial charge in [0.1, 0.15) is 12.8 Å². The first-order valence-electron chi connectivity index (χ1n) is 12.4. The number of aliphatic hydroxyl groups is 1. The van der Waals surface area contributed by atoms with Gasteiger partial charge in [-0.3, -0.25) is 4.79 Å². The van der Waals surface area contributed by atoms with Gasteiger partial charge in [0.05, 0.1) is 13.1 Å². The molecule has 8 heteroatoms. The number of hydrogen-bond acceptors (Lipinski definition) is 6. The smallest absolute Gasteiger partial charge is 0.348 e. The van der Waals surface area contributed by atoms with Crippen LogP contribution in [0.25, 0.3) is 0 Å². The van der Waals surface area contributed by atoms with Crippen molar-refractivity contribution < 1.29 is 28.4 Å². The predicted octanol–water partition coefficient (Wildman–Crippen LogP) is 3.32. The first-order chi connectivity index (χ1) is 17.3. The molecular weight excluding hydrogens is 458 g/mol. The quantitative estimate of drug-likeness (QED) is 0.389. The number of esters is 1. The normalized spacial score (nSPS) is 23.3. The van der Waals surface area contributed by atoms with E-state index in [9.17, 15) is 14.7 Å². The van der Waals surface area contributed by atoms with Crippen LogP contribution in [0.1, 0.15) is 35.1 Å². The molecule has 1 atom stereocenters. The van der Waals surface area contributed by atoms with Crippen LogP contribution in [0.3, 0.4) is 0 Å². The average molecular weight is 491 g/mol. The first-order valence-corrected chi connectivity index (χ1v) is 12.4. The lowest BCUT2D eigenvalue weighted by molar-refractivity contribution is -0.939. The Morgan fingerprint density at radius 3 is 2.14 bits per heavy atom. The number of quaternary nitrogens is 1. The number of aromatic nitrogens is 1. The predicted molar refractivity (Wildman–Crippen MR) is 133 cm³/mol. The highest BCUT2D eigenvalue weighted by Gasteiger charge is 2.51. The Morgan fingerprint density at radius 2 is 1.61 bits per heavy atom. The summed E-state index contributed by atoms with van der Waals surface area (Å²) in [6.07, 6.45) is 2.76. The van der Waals surface area contributed by atoms with Crippen molar-refractivity contribution in [1.29, 1.82) is 0 Å². The number of nitrogens with one attached hydrogen (secondary N) is 1. The van der Waals surface area contributed by atoms with Gasteiger partial charge >= 0.3 is 5.97 Å². The van der Waals surface area contributed by atoms with Crippen molar-refractivity contribution in [3.8, 4) is 0 Å². The number of amides is 1. The molecule has 0 saturated carbocycles. The van der Waals surface area contributed by atoms with E-state index in [0.717, 1.165) is 37.1 Å². The van der Waals surface area contributed by atoms with Gasteiger partial charge in [-0.25, -0.2) is 4.79 Å². The third kappa shape index (κ3) is 4.66. The van der Waals surface area contributed by atoms with Gasteiger partial charge in [-0.2, -0.15) is 0 Å². The maximum atomic E-state index is 13.7. The third-order valence-corrected chi connectivity index (χ3v) is 7.72. The summed E-state index contributed by atoms with van der Waals surface area (Å²) in [5.41, 5.74) is 1.08. The van der Waals surface area contributed by atoms with Crippen LogP contribution in [0.15, 0.2) is 65.4 Å². The van der Waals surface area contributed by atoms with Crippen molar-refractivity contribution in [3.63, 3.8) is 0 Å². The Hall–Kier alpha value is -3.49. The molecule has 3 aliphatic heterocycles. The summed E-state index contributed by atoms with van der Waals surface area (Å²) in [6.45, 7) is 6.44. The van der Waals surface area contributed by atoms with Crippen LogP contribution < -0.4 is 5.32 Å². The molecule has 1 amide bonds. The van der Waals surface area contributed by atoms with Gasteiger partial charge in [0.15, 0.2) is 18.5 Å². The maximum absolute atomic E-state index is 13.7. The van der Waals surface area contributed by atoms with Crippen LogP contribution in [0, 0.1) is 19.8 Å². The number of nitrogens with zero attached hydrogens (tertiary/aromatic N) is 2. The summed E-state index contributed by atoms with van der Waals surface area (Å²) in [4.78, 5) is 26.5. The van der Waals surface area contributed by atoms with Crippen molar-refractivity contribution in [1.82, 2.24) is 5.16 Å². The number of benzene rings is 2. The van der Waals surface area contributed by atoms with E-state index in [1.54, 1.807) is 30.3 Å². The summed E-state index contributed by atoms with van der Waals surface area (Å²) in [7, 11) is 0. The molecule has 0 radical (unpaired) electrons. The minimum atomic E-state index is -1.93. The summed E-state index contributed by atoms with van der Waals surface area (Å²) in [5.74, 6) is -0.230. The molecule has 0 spiro atoms. The molecule has 2 N–H and O–H groups in total. The van der Waals surface area contributed by atoms with E-state index < -0.39 is 11.6 Å². The molecule has 0 aliphatic carbocycles. The lowest BCUT2D eigenvalue weighted by atomic mass is 9.82. The fourth-order valence-corrected chi connectivity index (χ4v) is 5.56. The number of carbonyl (C=O) groups excluding carboxylic acids is 2. The number of carbonyl (C=O) groups is 2. The topological polar surface area (TPSA) is 102 Å². The second kappa shape index (κ2) is 9.52. The Kier molecular flexibility index (Phi) is 6.40. The molecule has 2 aromatic carbocycles. The van der Waals surface area contributed by atoms with E-state index in [1.165, 1.54) is 6.26 Å². The van der Waals surface area contributed by atoms with Crippen molar-refractivity contribution >= 4 is 17.7 Å². The zero-order valence-electron chi connectivity index (χ0n) is 20.6. The van der Waals surface area contributed by atoms with Gasteiger partial charge in [-0.05, 0) is 25.0 Å². The molecule has 1 aromatic heterocycles. The SMILES string of the molecule is Cc1ccc(C(O)(C(=O)O[C@H]2C[N+]3(CC(=O)Nc4ccon4)CCC2CC3)c2ccc(C)cc2)cc1. The number of ether oxygens (including phenoxy) is 1. The van der Waals surface area contributed by atoms with E-state index in [-0.39, 0.29) is 24.5 Å². The highest BCUT2D eigenvalue weighted by Crippen LogP contribution is 2.38. The fraction of sp³-hybridized carbons (Fsp3) is 0.393. The van der Waals surface area contributed by atoms with Crippen molar-refractivity contribution in [2.45, 2.75) is 38.4 Å². The van der Waals surface area contributed by atoms with Crippen LogP contribution >= 0.6 is 0 Å². The monoisotopic (exact) mass is 490 g/mol. The van der Waals surface area contributed by atoms with Crippen LogP contribution in [-0.2, 0) is 19.9 Å². The minimum absolute atomic E-state index is 0.148. The van der Waals surface area contributed by atoms with E-state index in [0.29, 0.717) is 28.0 Å². The molecule has 2 bridgehead atoms. The van der Waals surface area contributed by atoms with Gasteiger partial charge < -0.3 is 24.2 Å². The standard InChI is InChI=1S/C28H31N3O5/c1-19-3-7-22(8-4-19)28(34,23-9-5-20(2)6-10-23)27(33)36-24-17-31(14-11-21(24)12-15-31)18-26(32)29-25-13-16-35-30-25/h3-10,13,16,21,24,34H,11-12,14-15,17-18H2,1-2H3/p+1/t21?,24-,31?/m0/s1. The van der Waals surface area contributed by atoms with Gasteiger partial charge in [-0.1, -0.05) is 64.8 Å². The largest absolute Gasteiger partial charge is 0.453 e. The number of anilines is 1. The van der Waals surface area contributed by atoms with Crippen LogP contribution in [0.4, 0.5) is 5.82 Å². The molecule has 4 heterocycles. The van der Waals surface area contributed by atoms with E-state index in [1.807, 2.05) is 38.1 Å². The number of rotatable bonds is 7. The molecule has 3 aromatic rings. The van der Waals surface area contributed by atoms with Crippen molar-refractivity contribution in [2.24, 2.45) is 5.92 Å². The Balaban J connectivity index is 1.36. The average Bonchev–Trinajstić information content (AvgIpc) is 3.37. The first kappa shape index (κ1) is 24.2. The molecule has 36 heavy (non-hydrogen) atoms. The zero-order chi connectivity index (χ0) is 25.3. The van der Waals surface area contributed by atoms with Crippen molar-refractivity contribution in [3.05, 3.63) is 83.1 Å². The molecule has 3 saturated heterocycles. The van der Waals surface area contributed by atoms with Gasteiger partial charge in [-0.15, -0.1) is 0 Å². The van der Waals surface area contributed by atoms with Gasteiger partial charge in [0.2, 0.25) is 5.60 Å². The van der Waals surface area contributed by atoms with Gasteiger partial charge in [0.25, 0.3) is 5.91 Å². The van der Waals surface area contributed by atoms with Crippen LogP contribution in [-0.4, -0.2) is 58.9 Å². The molecule has 188 valence electrons. The van der Waals surface area contributed by atoms with Gasteiger partial charge in [0, 0.05) is 24.8 Å². The minimum Gasteiger partial charge on any atom is -0.453 e. The number of fused-ring (bicyclic) bond motifs is 3. The fourth-order valence-electron chi connectivity index (χ4n) is 5.56. The summed E-state index contributed by atoms with van der Waals surface area (Å²) < 4.78 is 11.4. The third-order valence-electron chi connectivity index (χ3n) is 7.72. The van der Waals surface area contributed by atoms with Crippen molar-refractivity contribution in [2.75, 3.05) is 31.5 Å². The van der Waals surface area contributed by atoms with E-state index in [2.05, 4.69) is 10.5 Å². The molecule has 0 unspecified atom stereocenters. The van der Waals surface area contributed by atoms with E-state index in [4.69, 9.17) is 9.26 Å². The second-order valence-corrected chi connectivity index (χ2v) is 10.3. The summed E-state index contributed by atoms with van der Waals surface area (Å²) >= 11 is 0. The van der Waals surface area contributed by atoms with Crippen LogP contribution in [0.2, 0.25) is 0 Å². The lowest BCUT2D eigenvalue weighted by Gasteiger charge is -2.51. The molecular formula is C28H32N3O5+. The lowest BCUT2D eigenvalue weighted by Crippen LogP contribution is -2.66. The highest BCUT2D eigenvalue weighted by atomic mass is 16.6. The van der Waals surface area contributed by atoms with Crippen LogP contribution in [0.5, 0.6) is 0 Å². The Labute approximate surface area is 210 Å². The number of hydrogen-bond donors (Lipinski definition) is 2. The molecule has 8 nitrogen and oxygen atoms in total. The summed E-state index contributed by atoms with van der Waals surface area (Å²) in [5, 5.41) is 18.4. The zero-order valence-corrected chi connectivity index (χ0v) is 20.6. The summed E-state index contributed by atoms with van der Waals surface area (Å²) in [6, 6.07) is 16.2. The maximum Gasteiger partial charge on any atom is 0.348 e. The molecule has 3 aliphatic rings. The highest BCUT2D eigenvalue weighted by molar-refractivity contribution is 5.90. The van der Waals surface area contributed by atoms with E-state index >= 15 is 0 Å². The number of piperidine rings is 3. The molecule has 6 rings (SSSR count). The number of aryl methyl sites for hydroxylation is 2.